The second-order valence-corrected chi connectivity index (χ2v) is 6.27. The van der Waals surface area contributed by atoms with E-state index < -0.39 is 34.9 Å². The Morgan fingerprint density at radius 1 is 1.00 bits per heavy atom. The minimum Gasteiger partial charge on any atom is -0.478 e. The topological polar surface area (TPSA) is 75.6 Å². The van der Waals surface area contributed by atoms with Gasteiger partial charge in [-0.3, -0.25) is 4.79 Å². The molecule has 3 rings (SSSR count). The Bertz CT molecular complexity index is 895. The normalized spacial score (nSPS) is 16.0. The molecule has 27 heavy (non-hydrogen) atoms. The highest BCUT2D eigenvalue weighted by atomic mass is 19.1. The summed E-state index contributed by atoms with van der Waals surface area (Å²) in [4.78, 5) is 23.5. The third kappa shape index (κ3) is 3.80. The first-order valence-corrected chi connectivity index (χ1v) is 8.21. The summed E-state index contributed by atoms with van der Waals surface area (Å²) in [7, 11) is 0. The molecule has 0 saturated carbocycles. The third-order valence-electron chi connectivity index (χ3n) is 4.61. The number of amides is 1. The molecule has 1 fully saturated rings. The summed E-state index contributed by atoms with van der Waals surface area (Å²) in [5.41, 5.74) is -1.77. The quantitative estimate of drug-likeness (QED) is 0.855. The van der Waals surface area contributed by atoms with Crippen molar-refractivity contribution in [1.29, 1.82) is 0 Å². The first-order chi connectivity index (χ1) is 12.8. The maximum absolute atomic E-state index is 14.4. The predicted octanol–water partition coefficient (Wildman–Crippen LogP) is 3.24. The molecule has 0 unspecified atom stereocenters. The van der Waals surface area contributed by atoms with Gasteiger partial charge in [-0.25, -0.2) is 18.0 Å². The Kier molecular flexibility index (Phi) is 5.18. The van der Waals surface area contributed by atoms with Gasteiger partial charge in [-0.05, 0) is 37.1 Å². The third-order valence-corrected chi connectivity index (χ3v) is 4.61. The van der Waals surface area contributed by atoms with Crippen molar-refractivity contribution in [2.75, 3.05) is 13.2 Å². The average Bonchev–Trinajstić information content (AvgIpc) is 2.62. The van der Waals surface area contributed by atoms with Gasteiger partial charge in [0.1, 0.15) is 17.5 Å². The predicted molar refractivity (Wildman–Crippen MR) is 88.9 cm³/mol. The molecule has 142 valence electrons. The molecule has 0 atom stereocenters. The number of halogens is 3. The largest absolute Gasteiger partial charge is 0.478 e. The Hall–Kier alpha value is -2.87. The number of rotatable bonds is 4. The van der Waals surface area contributed by atoms with E-state index in [0.717, 1.165) is 30.3 Å². The number of hydrogen-bond acceptors (Lipinski definition) is 3. The minimum absolute atomic E-state index is 0.0862. The van der Waals surface area contributed by atoms with Gasteiger partial charge in [0, 0.05) is 24.8 Å². The number of benzene rings is 2. The molecule has 2 N–H and O–H groups in total. The van der Waals surface area contributed by atoms with E-state index >= 15 is 0 Å². The Morgan fingerprint density at radius 3 is 2.30 bits per heavy atom. The summed E-state index contributed by atoms with van der Waals surface area (Å²) >= 11 is 0. The maximum Gasteiger partial charge on any atom is 0.335 e. The highest BCUT2D eigenvalue weighted by Crippen LogP contribution is 2.34. The molecule has 0 aliphatic carbocycles. The average molecular weight is 379 g/mol. The number of carbonyl (C=O) groups is 2. The lowest BCUT2D eigenvalue weighted by molar-refractivity contribution is 0.0332. The standard InChI is InChI=1S/C19H16F3NO4/c20-12-2-4-14(16(22)10-12)19(5-7-27-8-6-19)23-17(24)13-3-1-11(18(25)26)9-15(13)21/h1-4,9-10H,5-8H2,(H,23,24)(H,25,26). The number of aromatic carboxylic acids is 1. The summed E-state index contributed by atoms with van der Waals surface area (Å²) in [6.45, 7) is 0.467. The van der Waals surface area contributed by atoms with Gasteiger partial charge in [-0.15, -0.1) is 0 Å². The van der Waals surface area contributed by atoms with Crippen LogP contribution < -0.4 is 5.32 Å². The van der Waals surface area contributed by atoms with Crippen molar-refractivity contribution in [3.63, 3.8) is 0 Å². The van der Waals surface area contributed by atoms with E-state index in [4.69, 9.17) is 9.84 Å². The van der Waals surface area contributed by atoms with Crippen LogP contribution >= 0.6 is 0 Å². The lowest BCUT2D eigenvalue weighted by atomic mass is 9.82. The van der Waals surface area contributed by atoms with Gasteiger partial charge in [-0.2, -0.15) is 0 Å². The van der Waals surface area contributed by atoms with Crippen LogP contribution in [-0.2, 0) is 10.3 Å². The molecule has 1 saturated heterocycles. The van der Waals surface area contributed by atoms with Gasteiger partial charge in [0.05, 0.1) is 16.7 Å². The van der Waals surface area contributed by atoms with Crippen LogP contribution in [0.2, 0.25) is 0 Å². The Labute approximate surface area is 152 Å². The zero-order valence-corrected chi connectivity index (χ0v) is 14.1. The smallest absolute Gasteiger partial charge is 0.335 e. The van der Waals surface area contributed by atoms with E-state index in [2.05, 4.69) is 5.32 Å². The van der Waals surface area contributed by atoms with Crippen LogP contribution in [0.25, 0.3) is 0 Å². The van der Waals surface area contributed by atoms with E-state index in [-0.39, 0.29) is 42.7 Å². The second kappa shape index (κ2) is 7.40. The molecule has 1 heterocycles. The molecule has 0 bridgehead atoms. The zero-order valence-electron chi connectivity index (χ0n) is 14.1. The van der Waals surface area contributed by atoms with E-state index in [1.807, 2.05) is 0 Å². The summed E-state index contributed by atoms with van der Waals surface area (Å²) in [5.74, 6) is -4.72. The fourth-order valence-corrected chi connectivity index (χ4v) is 3.18. The number of nitrogens with one attached hydrogen (secondary N) is 1. The molecule has 8 heteroatoms. The summed E-state index contributed by atoms with van der Waals surface area (Å²) in [6, 6.07) is 5.97. The molecular weight excluding hydrogens is 363 g/mol. The van der Waals surface area contributed by atoms with Crippen molar-refractivity contribution in [2.45, 2.75) is 18.4 Å². The first kappa shape index (κ1) is 18.9. The van der Waals surface area contributed by atoms with Gasteiger partial charge in [-0.1, -0.05) is 6.07 Å². The maximum atomic E-state index is 14.4. The van der Waals surface area contributed by atoms with Crippen molar-refractivity contribution >= 4 is 11.9 Å². The van der Waals surface area contributed by atoms with Gasteiger partial charge in [0.2, 0.25) is 0 Å². The zero-order chi connectivity index (χ0) is 19.6. The van der Waals surface area contributed by atoms with Crippen LogP contribution in [0.5, 0.6) is 0 Å². The van der Waals surface area contributed by atoms with Crippen molar-refractivity contribution < 1.29 is 32.6 Å². The Morgan fingerprint density at radius 2 is 1.70 bits per heavy atom. The SMILES string of the molecule is O=C(O)c1ccc(C(=O)NC2(c3ccc(F)cc3F)CCOCC2)c(F)c1. The highest BCUT2D eigenvalue weighted by molar-refractivity contribution is 5.96. The van der Waals surface area contributed by atoms with E-state index in [9.17, 15) is 22.8 Å². The molecule has 5 nitrogen and oxygen atoms in total. The second-order valence-electron chi connectivity index (χ2n) is 6.27. The molecule has 1 amide bonds. The van der Waals surface area contributed by atoms with Gasteiger partial charge < -0.3 is 15.2 Å². The van der Waals surface area contributed by atoms with Crippen molar-refractivity contribution in [2.24, 2.45) is 0 Å². The lowest BCUT2D eigenvalue weighted by Crippen LogP contribution is -2.50. The van der Waals surface area contributed by atoms with Crippen LogP contribution in [-0.4, -0.2) is 30.2 Å². The number of ether oxygens (including phenoxy) is 1. The van der Waals surface area contributed by atoms with Crippen LogP contribution in [0.15, 0.2) is 36.4 Å². The van der Waals surface area contributed by atoms with E-state index in [0.29, 0.717) is 0 Å². The molecule has 0 spiro atoms. The Balaban J connectivity index is 1.95. The molecular formula is C19H16F3NO4. The fourth-order valence-electron chi connectivity index (χ4n) is 3.18. The molecule has 0 radical (unpaired) electrons. The van der Waals surface area contributed by atoms with Crippen LogP contribution in [0.4, 0.5) is 13.2 Å². The lowest BCUT2D eigenvalue weighted by Gasteiger charge is -2.38. The summed E-state index contributed by atoms with van der Waals surface area (Å²) in [6.07, 6.45) is 0.437. The molecule has 2 aromatic carbocycles. The van der Waals surface area contributed by atoms with Gasteiger partial charge >= 0.3 is 5.97 Å². The van der Waals surface area contributed by atoms with E-state index in [1.54, 1.807) is 0 Å². The summed E-state index contributed by atoms with van der Waals surface area (Å²) in [5, 5.41) is 11.5. The van der Waals surface area contributed by atoms with Crippen molar-refractivity contribution in [3.8, 4) is 0 Å². The number of carboxylic acid groups (broad SMARTS) is 1. The molecule has 2 aromatic rings. The number of hydrogen-bond donors (Lipinski definition) is 2. The summed E-state index contributed by atoms with van der Waals surface area (Å²) < 4.78 is 47.1. The molecule has 1 aliphatic heterocycles. The van der Waals surface area contributed by atoms with Crippen LogP contribution in [0.1, 0.15) is 39.1 Å². The minimum atomic E-state index is -1.32. The van der Waals surface area contributed by atoms with Crippen molar-refractivity contribution in [1.82, 2.24) is 5.32 Å². The van der Waals surface area contributed by atoms with Crippen molar-refractivity contribution in [3.05, 3.63) is 70.5 Å². The molecule has 1 aliphatic rings. The first-order valence-electron chi connectivity index (χ1n) is 8.21. The number of carbonyl (C=O) groups excluding carboxylic acids is 1. The monoisotopic (exact) mass is 379 g/mol. The molecule has 0 aromatic heterocycles. The van der Waals surface area contributed by atoms with Crippen LogP contribution in [0, 0.1) is 17.5 Å². The van der Waals surface area contributed by atoms with Gasteiger partial charge in [0.15, 0.2) is 0 Å². The van der Waals surface area contributed by atoms with Crippen LogP contribution in [0.3, 0.4) is 0 Å². The van der Waals surface area contributed by atoms with Gasteiger partial charge in [0.25, 0.3) is 5.91 Å². The van der Waals surface area contributed by atoms with E-state index in [1.165, 1.54) is 6.07 Å². The highest BCUT2D eigenvalue weighted by Gasteiger charge is 2.38. The fraction of sp³-hybridized carbons (Fsp3) is 0.263. The number of carboxylic acids is 1.